The Bertz CT molecular complexity index is 670. The Morgan fingerprint density at radius 2 is 2.26 bits per heavy atom. The van der Waals surface area contributed by atoms with Crippen molar-refractivity contribution in [2.24, 2.45) is 5.16 Å². The van der Waals surface area contributed by atoms with Gasteiger partial charge >= 0.3 is 0 Å². The molecule has 0 fully saturated rings. The molecule has 0 saturated carbocycles. The average Bonchev–Trinajstić information content (AvgIpc) is 2.87. The number of oxime groups is 1. The molecule has 0 radical (unpaired) electrons. The second-order valence-electron chi connectivity index (χ2n) is 3.48. The summed E-state index contributed by atoms with van der Waals surface area (Å²) in [7, 11) is 0. The monoisotopic (exact) mass is 279 g/mol. The molecular weight excluding hydrogens is 270 g/mol. The van der Waals surface area contributed by atoms with Gasteiger partial charge in [0.2, 0.25) is 0 Å². The molecule has 2 rings (SSSR count). The normalized spacial score (nSPS) is 11.3. The molecule has 0 spiro atoms. The molecule has 19 heavy (non-hydrogen) atoms. The average molecular weight is 279 g/mol. The van der Waals surface area contributed by atoms with E-state index < -0.39 is 5.91 Å². The molecule has 2 aromatic rings. The number of nitrogens with one attached hydrogen (secondary N) is 2. The van der Waals surface area contributed by atoms with E-state index in [1.807, 2.05) is 0 Å². The van der Waals surface area contributed by atoms with E-state index in [9.17, 15) is 9.59 Å². The van der Waals surface area contributed by atoms with Crippen LogP contribution in [0.25, 0.3) is 0 Å². The van der Waals surface area contributed by atoms with E-state index in [0.29, 0.717) is 16.5 Å². The van der Waals surface area contributed by atoms with Crippen LogP contribution in [-0.4, -0.2) is 32.0 Å². The molecular formula is C10H9N5O3S. The second kappa shape index (κ2) is 5.40. The first-order valence-corrected chi connectivity index (χ1v) is 6.00. The number of amides is 1. The third-order valence-corrected chi connectivity index (χ3v) is 2.91. The maximum Gasteiger partial charge on any atom is 0.277 e. The van der Waals surface area contributed by atoms with Gasteiger partial charge in [-0.1, -0.05) is 5.16 Å². The maximum absolute atomic E-state index is 11.8. The molecule has 0 aliphatic heterocycles. The van der Waals surface area contributed by atoms with Crippen molar-refractivity contribution >= 4 is 28.1 Å². The number of H-pyrrole nitrogens is 1. The first-order valence-electron chi connectivity index (χ1n) is 5.12. The fourth-order valence-electron chi connectivity index (χ4n) is 1.18. The summed E-state index contributed by atoms with van der Waals surface area (Å²) < 4.78 is 0. The summed E-state index contributed by atoms with van der Waals surface area (Å²) >= 11 is 1.18. The van der Waals surface area contributed by atoms with Crippen molar-refractivity contribution in [2.45, 2.75) is 6.92 Å². The molecule has 0 aromatic carbocycles. The van der Waals surface area contributed by atoms with Crippen molar-refractivity contribution in [3.05, 3.63) is 39.3 Å². The molecule has 8 nitrogen and oxygen atoms in total. The molecule has 0 unspecified atom stereocenters. The Labute approximate surface area is 110 Å². The Balaban J connectivity index is 2.13. The van der Waals surface area contributed by atoms with Gasteiger partial charge in [-0.25, -0.2) is 10.1 Å². The number of aromatic nitrogens is 3. The van der Waals surface area contributed by atoms with E-state index in [0.717, 1.165) is 0 Å². The van der Waals surface area contributed by atoms with Crippen molar-refractivity contribution < 1.29 is 10.0 Å². The maximum atomic E-state index is 11.8. The van der Waals surface area contributed by atoms with Crippen molar-refractivity contribution in [1.29, 1.82) is 0 Å². The van der Waals surface area contributed by atoms with Gasteiger partial charge in [-0.15, -0.1) is 11.3 Å². The molecule has 9 heteroatoms. The summed E-state index contributed by atoms with van der Waals surface area (Å²) in [6.45, 7) is 1.59. The van der Waals surface area contributed by atoms with Crippen molar-refractivity contribution in [1.82, 2.24) is 15.2 Å². The molecule has 98 valence electrons. The van der Waals surface area contributed by atoms with Crippen LogP contribution in [0.2, 0.25) is 0 Å². The Morgan fingerprint density at radius 3 is 2.89 bits per heavy atom. The van der Waals surface area contributed by atoms with E-state index in [-0.39, 0.29) is 11.3 Å². The highest BCUT2D eigenvalue weighted by Crippen LogP contribution is 2.16. The SMILES string of the molecule is C/C(=N/O)c1csc(NC(=O)c2ccc(=O)[nH]n2)n1. The Kier molecular flexibility index (Phi) is 3.66. The fraction of sp³-hybridized carbons (Fsp3) is 0.100. The van der Waals surface area contributed by atoms with Crippen LogP contribution in [0.15, 0.2) is 27.5 Å². The quantitative estimate of drug-likeness (QED) is 0.433. The highest BCUT2D eigenvalue weighted by molar-refractivity contribution is 7.14. The number of hydrogen-bond acceptors (Lipinski definition) is 7. The molecule has 0 bridgehead atoms. The molecule has 2 heterocycles. The van der Waals surface area contributed by atoms with Crippen LogP contribution in [0.3, 0.4) is 0 Å². The number of anilines is 1. The minimum Gasteiger partial charge on any atom is -0.411 e. The minimum absolute atomic E-state index is 0.0731. The van der Waals surface area contributed by atoms with Gasteiger partial charge in [0.1, 0.15) is 17.1 Å². The number of carbonyl (C=O) groups is 1. The summed E-state index contributed by atoms with van der Waals surface area (Å²) in [5.74, 6) is -0.490. The lowest BCUT2D eigenvalue weighted by Crippen LogP contribution is -2.17. The predicted octanol–water partition coefficient (Wildman–Crippen LogP) is 0.677. The summed E-state index contributed by atoms with van der Waals surface area (Å²) in [6, 6.07) is 2.51. The predicted molar refractivity (Wildman–Crippen MR) is 68.9 cm³/mol. The van der Waals surface area contributed by atoms with E-state index in [4.69, 9.17) is 5.21 Å². The Morgan fingerprint density at radius 1 is 1.47 bits per heavy atom. The highest BCUT2D eigenvalue weighted by Gasteiger charge is 2.11. The van der Waals surface area contributed by atoms with Crippen LogP contribution in [0.4, 0.5) is 5.13 Å². The lowest BCUT2D eigenvalue weighted by Gasteiger charge is -1.99. The zero-order valence-corrected chi connectivity index (χ0v) is 10.6. The highest BCUT2D eigenvalue weighted by atomic mass is 32.1. The minimum atomic E-state index is -0.490. The summed E-state index contributed by atoms with van der Waals surface area (Å²) in [6.07, 6.45) is 0. The summed E-state index contributed by atoms with van der Waals surface area (Å²) in [4.78, 5) is 26.6. The summed E-state index contributed by atoms with van der Waals surface area (Å²) in [5, 5.41) is 21.9. The summed E-state index contributed by atoms with van der Waals surface area (Å²) in [5.41, 5.74) is 0.503. The molecule has 1 amide bonds. The number of thiazole rings is 1. The first kappa shape index (κ1) is 12.9. The largest absolute Gasteiger partial charge is 0.411 e. The third kappa shape index (κ3) is 3.01. The molecule has 0 aliphatic rings. The first-order chi connectivity index (χ1) is 9.10. The van der Waals surface area contributed by atoms with Crippen molar-refractivity contribution in [2.75, 3.05) is 5.32 Å². The molecule has 0 atom stereocenters. The topological polar surface area (TPSA) is 120 Å². The van der Waals surface area contributed by atoms with Gasteiger partial charge < -0.3 is 5.21 Å². The fourth-order valence-corrected chi connectivity index (χ4v) is 1.93. The van der Waals surface area contributed by atoms with E-state index in [1.54, 1.807) is 12.3 Å². The van der Waals surface area contributed by atoms with Crippen LogP contribution < -0.4 is 10.9 Å². The standard InChI is InChI=1S/C10H9N5O3S/c1-5(15-18)7-4-19-10(11-7)12-9(17)6-2-3-8(16)14-13-6/h2-4,18H,1H3,(H,14,16)(H,11,12,17)/b15-5-. The van der Waals surface area contributed by atoms with Crippen LogP contribution >= 0.6 is 11.3 Å². The molecule has 0 saturated heterocycles. The Hall–Kier alpha value is -2.55. The van der Waals surface area contributed by atoms with Crippen LogP contribution in [0.5, 0.6) is 0 Å². The van der Waals surface area contributed by atoms with Gasteiger partial charge in [-0.05, 0) is 13.0 Å². The van der Waals surface area contributed by atoms with E-state index >= 15 is 0 Å². The number of aromatic amines is 1. The lowest BCUT2D eigenvalue weighted by molar-refractivity contribution is 0.102. The molecule has 2 aromatic heterocycles. The lowest BCUT2D eigenvalue weighted by atomic mass is 10.3. The van der Waals surface area contributed by atoms with Crippen molar-refractivity contribution in [3.8, 4) is 0 Å². The third-order valence-electron chi connectivity index (χ3n) is 2.16. The van der Waals surface area contributed by atoms with Gasteiger partial charge in [0, 0.05) is 11.4 Å². The molecule has 3 N–H and O–H groups in total. The van der Waals surface area contributed by atoms with Crippen LogP contribution in [-0.2, 0) is 0 Å². The van der Waals surface area contributed by atoms with Gasteiger partial charge in [0.05, 0.1) is 0 Å². The van der Waals surface area contributed by atoms with Crippen LogP contribution in [0, 0.1) is 0 Å². The van der Waals surface area contributed by atoms with Crippen LogP contribution in [0.1, 0.15) is 23.1 Å². The smallest absolute Gasteiger partial charge is 0.277 e. The van der Waals surface area contributed by atoms with E-state index in [2.05, 4.69) is 25.7 Å². The van der Waals surface area contributed by atoms with Gasteiger partial charge in [-0.3, -0.25) is 14.9 Å². The van der Waals surface area contributed by atoms with Gasteiger partial charge in [-0.2, -0.15) is 5.10 Å². The van der Waals surface area contributed by atoms with Crippen molar-refractivity contribution in [3.63, 3.8) is 0 Å². The van der Waals surface area contributed by atoms with Gasteiger partial charge in [0.25, 0.3) is 11.5 Å². The number of hydrogen-bond donors (Lipinski definition) is 3. The second-order valence-corrected chi connectivity index (χ2v) is 4.34. The van der Waals surface area contributed by atoms with Gasteiger partial charge in [0.15, 0.2) is 5.13 Å². The zero-order valence-electron chi connectivity index (χ0n) is 9.75. The number of nitrogens with zero attached hydrogens (tertiary/aromatic N) is 3. The number of rotatable bonds is 3. The van der Waals surface area contributed by atoms with E-state index in [1.165, 1.54) is 23.5 Å². The molecule has 0 aliphatic carbocycles. The number of carbonyl (C=O) groups excluding carboxylic acids is 1. The zero-order chi connectivity index (χ0) is 13.8.